The predicted molar refractivity (Wildman–Crippen MR) is 160 cm³/mol. The zero-order chi connectivity index (χ0) is 32.0. The minimum absolute atomic E-state index is 0.0364. The second-order valence-electron chi connectivity index (χ2n) is 12.3. The number of carbonyl (C=O) groups is 1. The molecule has 3 aromatic rings. The molecule has 3 aliphatic rings. The maximum absolute atomic E-state index is 15.0. The van der Waals surface area contributed by atoms with E-state index in [0.717, 1.165) is 38.2 Å². The number of carbonyl (C=O) groups excluding carboxylic acids is 1. The number of nitrogens with zero attached hydrogens (tertiary/aromatic N) is 5. The van der Waals surface area contributed by atoms with Crippen molar-refractivity contribution in [3.05, 3.63) is 46.7 Å². The number of amides is 1. The first-order chi connectivity index (χ1) is 21.4. The van der Waals surface area contributed by atoms with E-state index in [-0.39, 0.29) is 35.1 Å². The Morgan fingerprint density at radius 3 is 2.60 bits per heavy atom. The summed E-state index contributed by atoms with van der Waals surface area (Å²) in [7, 11) is 1.70. The lowest BCUT2D eigenvalue weighted by Gasteiger charge is -2.46. The lowest BCUT2D eigenvalue weighted by molar-refractivity contribution is -0.150. The highest BCUT2D eigenvalue weighted by atomic mass is 19.4. The topological polar surface area (TPSA) is 111 Å². The number of nitrogens with two attached hydrogens (primary N) is 1. The molecule has 2 fully saturated rings. The molecule has 0 saturated carbocycles. The summed E-state index contributed by atoms with van der Waals surface area (Å²) in [5, 5.41) is 3.77. The molecular weight excluding hydrogens is 594 g/mol. The molecule has 1 unspecified atom stereocenters. The Kier molecular flexibility index (Phi) is 8.65. The standard InChI is InChI=1S/C31H39F4N7O3/c1-17(22-12-21(36)13-24(26(22)32)31(33,34)35)37-28-23-14-25-27(45-11-9-42(25)29(23)39-18(2)38-28)20-15-41(16-20)30(43)19-4-6-40(7-5-19)8-10-44-3/h12-14,17,19-20,27H,4-11,15-16,36H2,1-3H3,(H,37,38,39)/t17-,27?/m1/s1. The molecule has 2 atom stereocenters. The van der Waals surface area contributed by atoms with Crippen molar-refractivity contribution in [1.82, 2.24) is 24.3 Å². The Morgan fingerprint density at radius 1 is 1.18 bits per heavy atom. The van der Waals surface area contributed by atoms with Crippen molar-refractivity contribution in [2.24, 2.45) is 11.8 Å². The largest absolute Gasteiger partial charge is 0.419 e. The molecule has 244 valence electrons. The average molecular weight is 634 g/mol. The van der Waals surface area contributed by atoms with Gasteiger partial charge in [-0.05, 0) is 58.0 Å². The Labute approximate surface area is 258 Å². The van der Waals surface area contributed by atoms with Crippen molar-refractivity contribution in [2.45, 2.75) is 51.6 Å². The molecule has 1 amide bonds. The summed E-state index contributed by atoms with van der Waals surface area (Å²) in [6.07, 6.45) is -3.44. The van der Waals surface area contributed by atoms with Crippen molar-refractivity contribution >= 4 is 28.4 Å². The monoisotopic (exact) mass is 633 g/mol. The molecule has 3 N–H and O–H groups in total. The van der Waals surface area contributed by atoms with Gasteiger partial charge in [-0.3, -0.25) is 4.79 Å². The number of fused-ring (bicyclic) bond motifs is 3. The number of likely N-dealkylation sites (tertiary alicyclic amines) is 2. The summed E-state index contributed by atoms with van der Waals surface area (Å²) in [5.74, 6) is -0.176. The van der Waals surface area contributed by atoms with Gasteiger partial charge in [-0.15, -0.1) is 0 Å². The highest BCUT2D eigenvalue weighted by Gasteiger charge is 2.43. The molecule has 0 bridgehead atoms. The van der Waals surface area contributed by atoms with Crippen molar-refractivity contribution in [3.8, 4) is 0 Å². The van der Waals surface area contributed by atoms with Gasteiger partial charge in [0.05, 0.1) is 30.2 Å². The number of hydrogen-bond donors (Lipinski definition) is 2. The fourth-order valence-electron chi connectivity index (χ4n) is 6.81. The number of rotatable bonds is 8. The maximum atomic E-state index is 15.0. The molecule has 5 heterocycles. The van der Waals surface area contributed by atoms with Gasteiger partial charge in [0, 0.05) is 62.1 Å². The summed E-state index contributed by atoms with van der Waals surface area (Å²) in [5.41, 5.74) is 5.49. The van der Waals surface area contributed by atoms with E-state index in [1.54, 1.807) is 21.0 Å². The number of methoxy groups -OCH3 is 1. The number of anilines is 2. The van der Waals surface area contributed by atoms with Crippen molar-refractivity contribution < 1.29 is 31.8 Å². The fourth-order valence-corrected chi connectivity index (χ4v) is 6.81. The van der Waals surface area contributed by atoms with Crippen molar-refractivity contribution in [3.63, 3.8) is 0 Å². The van der Waals surface area contributed by atoms with Gasteiger partial charge in [0.2, 0.25) is 5.91 Å². The number of nitrogens with one attached hydrogen (secondary N) is 1. The highest BCUT2D eigenvalue weighted by Crippen LogP contribution is 2.41. The Morgan fingerprint density at radius 2 is 1.91 bits per heavy atom. The third-order valence-electron chi connectivity index (χ3n) is 9.25. The van der Waals surface area contributed by atoms with E-state index in [4.69, 9.17) is 15.2 Å². The summed E-state index contributed by atoms with van der Waals surface area (Å²) in [6.45, 7) is 8.91. The second kappa shape index (κ2) is 12.4. The summed E-state index contributed by atoms with van der Waals surface area (Å²) in [6, 6.07) is 2.86. The van der Waals surface area contributed by atoms with Crippen LogP contribution < -0.4 is 11.1 Å². The zero-order valence-electron chi connectivity index (χ0n) is 25.7. The minimum Gasteiger partial charge on any atom is -0.399 e. The molecular formula is C31H39F4N7O3. The van der Waals surface area contributed by atoms with Crippen LogP contribution in [0, 0.1) is 24.6 Å². The quantitative estimate of drug-likeness (QED) is 0.275. The van der Waals surface area contributed by atoms with E-state index in [1.807, 2.05) is 11.0 Å². The number of aromatic nitrogens is 3. The van der Waals surface area contributed by atoms with E-state index < -0.39 is 23.6 Å². The number of piperidine rings is 1. The number of halogens is 4. The van der Waals surface area contributed by atoms with E-state index in [1.165, 1.54) is 6.07 Å². The van der Waals surface area contributed by atoms with Crippen LogP contribution in [0.5, 0.6) is 0 Å². The summed E-state index contributed by atoms with van der Waals surface area (Å²) >= 11 is 0. The van der Waals surface area contributed by atoms with E-state index >= 15 is 4.39 Å². The van der Waals surface area contributed by atoms with Crippen LogP contribution in [-0.2, 0) is 27.0 Å². The SMILES string of the molecule is COCCN1CCC(C(=O)N2CC(C3OCCn4c3cc3c(N[C@H](C)c5cc(N)cc(C(F)(F)F)c5F)nc(C)nc34)C2)CC1. The zero-order valence-corrected chi connectivity index (χ0v) is 25.7. The third kappa shape index (κ3) is 6.19. The molecule has 1 aromatic carbocycles. The molecule has 3 aliphatic heterocycles. The normalized spacial score (nSPS) is 20.7. The van der Waals surface area contributed by atoms with E-state index in [2.05, 4.69) is 24.8 Å². The van der Waals surface area contributed by atoms with Gasteiger partial charge in [0.1, 0.15) is 29.2 Å². The number of alkyl halides is 3. The van der Waals surface area contributed by atoms with Crippen molar-refractivity contribution in [2.75, 3.05) is 64.1 Å². The van der Waals surface area contributed by atoms with E-state index in [9.17, 15) is 18.0 Å². The maximum Gasteiger partial charge on any atom is 0.419 e. The Hall–Kier alpha value is -3.49. The van der Waals surface area contributed by atoms with E-state index in [0.29, 0.717) is 61.6 Å². The second-order valence-corrected chi connectivity index (χ2v) is 12.3. The van der Waals surface area contributed by atoms with Gasteiger partial charge in [-0.25, -0.2) is 14.4 Å². The first-order valence-corrected chi connectivity index (χ1v) is 15.4. The molecule has 6 rings (SSSR count). The van der Waals surface area contributed by atoms with Crippen LogP contribution in [-0.4, -0.2) is 83.3 Å². The number of hydrogen-bond acceptors (Lipinski definition) is 8. The van der Waals surface area contributed by atoms with Crippen LogP contribution in [0.15, 0.2) is 18.2 Å². The third-order valence-corrected chi connectivity index (χ3v) is 9.25. The Bertz CT molecular complexity index is 1560. The van der Waals surface area contributed by atoms with Crippen LogP contribution in [0.4, 0.5) is 29.1 Å². The molecule has 10 nitrogen and oxygen atoms in total. The lowest BCUT2D eigenvalue weighted by atomic mass is 9.87. The van der Waals surface area contributed by atoms with Gasteiger partial charge < -0.3 is 34.9 Å². The van der Waals surface area contributed by atoms with Gasteiger partial charge in [0.15, 0.2) is 0 Å². The molecule has 0 radical (unpaired) electrons. The first kappa shape index (κ1) is 31.5. The summed E-state index contributed by atoms with van der Waals surface area (Å²) in [4.78, 5) is 26.7. The van der Waals surface area contributed by atoms with Crippen LogP contribution >= 0.6 is 0 Å². The van der Waals surface area contributed by atoms with Gasteiger partial charge >= 0.3 is 6.18 Å². The van der Waals surface area contributed by atoms with Crippen LogP contribution in [0.25, 0.3) is 11.0 Å². The van der Waals surface area contributed by atoms with Gasteiger partial charge in [-0.1, -0.05) is 0 Å². The fraction of sp³-hybridized carbons (Fsp3) is 0.581. The Balaban J connectivity index is 1.18. The molecule has 2 saturated heterocycles. The minimum atomic E-state index is -4.88. The van der Waals surface area contributed by atoms with Crippen LogP contribution in [0.2, 0.25) is 0 Å². The molecule has 2 aromatic heterocycles. The van der Waals surface area contributed by atoms with Gasteiger partial charge in [-0.2, -0.15) is 13.2 Å². The molecule has 14 heteroatoms. The smallest absolute Gasteiger partial charge is 0.399 e. The van der Waals surface area contributed by atoms with Crippen LogP contribution in [0.1, 0.15) is 54.6 Å². The molecule has 0 spiro atoms. The van der Waals surface area contributed by atoms with Gasteiger partial charge in [0.25, 0.3) is 0 Å². The average Bonchev–Trinajstić information content (AvgIpc) is 3.35. The molecule has 45 heavy (non-hydrogen) atoms. The number of ether oxygens (including phenoxy) is 2. The summed E-state index contributed by atoms with van der Waals surface area (Å²) < 4.78 is 68.9. The van der Waals surface area contributed by atoms with Crippen molar-refractivity contribution in [1.29, 1.82) is 0 Å². The highest BCUT2D eigenvalue weighted by molar-refractivity contribution is 5.89. The van der Waals surface area contributed by atoms with Crippen LogP contribution in [0.3, 0.4) is 0 Å². The predicted octanol–water partition coefficient (Wildman–Crippen LogP) is 4.54. The lowest BCUT2D eigenvalue weighted by Crippen LogP contribution is -2.55. The number of nitrogen functional groups attached to an aromatic ring is 1. The number of benzene rings is 1. The number of aryl methyl sites for hydroxylation is 1. The molecule has 0 aliphatic carbocycles. The first-order valence-electron chi connectivity index (χ1n) is 15.4.